The topological polar surface area (TPSA) is 29.1 Å². The number of hydrogen-bond donors (Lipinski definition) is 1. The molecule has 2 nitrogen and oxygen atoms in total. The Labute approximate surface area is 115 Å². The van der Waals surface area contributed by atoms with Crippen LogP contribution in [0.15, 0.2) is 23.3 Å². The van der Waals surface area contributed by atoms with Crippen LogP contribution in [0.25, 0.3) is 0 Å². The van der Waals surface area contributed by atoms with Crippen molar-refractivity contribution in [1.29, 1.82) is 0 Å². The minimum Gasteiger partial charge on any atom is -0.303 e. The first-order chi connectivity index (χ1) is 7.29. The third kappa shape index (κ3) is 5.71. The highest BCUT2D eigenvalue weighted by atomic mass is 35.5. The quantitative estimate of drug-likeness (QED) is 0.856. The van der Waals surface area contributed by atoms with Gasteiger partial charge in [-0.3, -0.25) is 4.79 Å². The van der Waals surface area contributed by atoms with Gasteiger partial charge in [0.2, 0.25) is 0 Å². The van der Waals surface area contributed by atoms with Gasteiger partial charge in [-0.05, 0) is 40.2 Å². The van der Waals surface area contributed by atoms with Gasteiger partial charge < -0.3 is 5.32 Å². The number of nitrogens with one attached hydrogen (secondary N) is 1. The highest BCUT2D eigenvalue weighted by Gasteiger charge is 2.26. The Kier molecular flexibility index (Phi) is 6.46. The molecule has 0 saturated heterocycles. The van der Waals surface area contributed by atoms with E-state index in [9.17, 15) is 4.79 Å². The Morgan fingerprint density at radius 1 is 1.53 bits per heavy atom. The molecule has 0 spiro atoms. The van der Waals surface area contributed by atoms with E-state index in [1.165, 1.54) is 0 Å². The maximum absolute atomic E-state index is 12.1. The number of halogens is 2. The van der Waals surface area contributed by atoms with Gasteiger partial charge in [0.1, 0.15) is 0 Å². The van der Waals surface area contributed by atoms with Crippen LogP contribution < -0.4 is 5.32 Å². The zero-order valence-electron chi connectivity index (χ0n) is 10.8. The van der Waals surface area contributed by atoms with Crippen LogP contribution in [0.3, 0.4) is 0 Å². The van der Waals surface area contributed by atoms with Crippen LogP contribution in [0, 0.1) is 5.92 Å². The van der Waals surface area contributed by atoms with E-state index in [0.29, 0.717) is 6.42 Å². The molecule has 1 aliphatic rings. The first-order valence-electron chi connectivity index (χ1n) is 5.64. The van der Waals surface area contributed by atoms with Crippen molar-refractivity contribution in [2.45, 2.75) is 45.7 Å². The molecule has 17 heavy (non-hydrogen) atoms. The minimum absolute atomic E-state index is 0. The maximum atomic E-state index is 12.1. The molecule has 1 N–H and O–H groups in total. The summed E-state index contributed by atoms with van der Waals surface area (Å²) in [4.78, 5) is 12.1. The molecular formula is C13H21Cl2NO. The minimum atomic E-state index is -0.141. The van der Waals surface area contributed by atoms with E-state index in [2.05, 4.69) is 26.1 Å². The Morgan fingerprint density at radius 3 is 2.59 bits per heavy atom. The molecule has 0 bridgehead atoms. The second-order valence-electron chi connectivity index (χ2n) is 5.33. The van der Waals surface area contributed by atoms with E-state index in [1.54, 1.807) is 0 Å². The van der Waals surface area contributed by atoms with Gasteiger partial charge in [0.05, 0.1) is 6.04 Å². The molecule has 0 radical (unpaired) electrons. The van der Waals surface area contributed by atoms with Gasteiger partial charge in [-0.2, -0.15) is 0 Å². The van der Waals surface area contributed by atoms with E-state index in [1.807, 2.05) is 25.2 Å². The van der Waals surface area contributed by atoms with Crippen molar-refractivity contribution < 1.29 is 4.79 Å². The number of hydrogen-bond acceptors (Lipinski definition) is 2. The molecule has 0 fully saturated rings. The lowest BCUT2D eigenvalue weighted by molar-refractivity contribution is -0.123. The molecule has 0 aromatic rings. The normalized spacial score (nSPS) is 21.5. The number of rotatable bonds is 3. The van der Waals surface area contributed by atoms with Crippen LogP contribution in [-0.4, -0.2) is 17.4 Å². The first kappa shape index (κ1) is 16.7. The molecule has 4 heteroatoms. The zero-order chi connectivity index (χ0) is 12.3. The lowest BCUT2D eigenvalue weighted by Crippen LogP contribution is -2.47. The molecule has 1 aliphatic carbocycles. The summed E-state index contributed by atoms with van der Waals surface area (Å²) < 4.78 is 0. The van der Waals surface area contributed by atoms with Crippen LogP contribution in [0.1, 0.15) is 34.1 Å². The van der Waals surface area contributed by atoms with Crippen molar-refractivity contribution in [3.05, 3.63) is 23.3 Å². The number of carbonyl (C=O) groups is 1. The molecule has 0 amide bonds. The fourth-order valence-corrected chi connectivity index (χ4v) is 2.12. The van der Waals surface area contributed by atoms with Crippen LogP contribution in [-0.2, 0) is 4.79 Å². The Balaban J connectivity index is 0.00000256. The highest BCUT2D eigenvalue weighted by Crippen LogP contribution is 2.23. The summed E-state index contributed by atoms with van der Waals surface area (Å²) in [5.41, 5.74) is -0.0485. The second-order valence-corrected chi connectivity index (χ2v) is 5.81. The van der Waals surface area contributed by atoms with E-state index >= 15 is 0 Å². The van der Waals surface area contributed by atoms with Gasteiger partial charge in [0, 0.05) is 16.5 Å². The molecule has 0 aliphatic heterocycles. The van der Waals surface area contributed by atoms with Crippen molar-refractivity contribution in [2.75, 3.05) is 0 Å². The van der Waals surface area contributed by atoms with Crippen molar-refractivity contribution in [3.8, 4) is 0 Å². The molecule has 2 unspecified atom stereocenters. The second kappa shape index (κ2) is 6.58. The van der Waals surface area contributed by atoms with Gasteiger partial charge in [0.25, 0.3) is 0 Å². The fraction of sp³-hybridized carbons (Fsp3) is 0.615. The lowest BCUT2D eigenvalue weighted by atomic mass is 9.91. The summed E-state index contributed by atoms with van der Waals surface area (Å²) in [5, 5.41) is 4.04. The lowest BCUT2D eigenvalue weighted by Gasteiger charge is -2.27. The number of ketones is 1. The van der Waals surface area contributed by atoms with Crippen molar-refractivity contribution in [2.24, 2.45) is 5.92 Å². The summed E-state index contributed by atoms with van der Waals surface area (Å²) in [6, 6.07) is -0.141. The molecule has 0 aromatic heterocycles. The summed E-state index contributed by atoms with van der Waals surface area (Å²) >= 11 is 5.93. The molecule has 1 rings (SSSR count). The van der Waals surface area contributed by atoms with E-state index < -0.39 is 0 Å². The molecule has 98 valence electrons. The summed E-state index contributed by atoms with van der Waals surface area (Å²) in [5.74, 6) is 0.125. The van der Waals surface area contributed by atoms with Gasteiger partial charge in [-0.1, -0.05) is 23.8 Å². The first-order valence-corrected chi connectivity index (χ1v) is 6.01. The molecular weight excluding hydrogens is 257 g/mol. The predicted molar refractivity (Wildman–Crippen MR) is 75.8 cm³/mol. The van der Waals surface area contributed by atoms with E-state index in [0.717, 1.165) is 5.03 Å². The van der Waals surface area contributed by atoms with Gasteiger partial charge >= 0.3 is 0 Å². The van der Waals surface area contributed by atoms with E-state index in [-0.39, 0.29) is 35.7 Å². The van der Waals surface area contributed by atoms with Crippen molar-refractivity contribution in [1.82, 2.24) is 5.32 Å². The number of carbonyl (C=O) groups excluding carboxylic acids is 1. The fourth-order valence-electron chi connectivity index (χ4n) is 1.88. The maximum Gasteiger partial charge on any atom is 0.156 e. The predicted octanol–water partition coefficient (Wildman–Crippen LogP) is 3.45. The van der Waals surface area contributed by atoms with Crippen molar-refractivity contribution >= 4 is 29.8 Å². The standard InChI is InChI=1S/C13H20ClNO.ClH/c1-9(15-13(2,3)4)12(16)10-6-5-7-11(14)8-10;/h5-7,9-10,15H,8H2,1-4H3;1H. The summed E-state index contributed by atoms with van der Waals surface area (Å²) in [6.45, 7) is 8.08. The van der Waals surface area contributed by atoms with Crippen molar-refractivity contribution in [3.63, 3.8) is 0 Å². The smallest absolute Gasteiger partial charge is 0.156 e. The third-order valence-electron chi connectivity index (χ3n) is 2.48. The van der Waals surface area contributed by atoms with Crippen LogP contribution in [0.5, 0.6) is 0 Å². The zero-order valence-corrected chi connectivity index (χ0v) is 12.4. The molecule has 0 saturated carbocycles. The molecule has 2 atom stereocenters. The summed E-state index contributed by atoms with van der Waals surface area (Å²) in [7, 11) is 0. The van der Waals surface area contributed by atoms with Gasteiger partial charge in [-0.25, -0.2) is 0 Å². The average molecular weight is 278 g/mol. The third-order valence-corrected chi connectivity index (χ3v) is 2.76. The molecule has 0 aromatic carbocycles. The Bertz CT molecular complexity index is 329. The van der Waals surface area contributed by atoms with Gasteiger partial charge in [-0.15, -0.1) is 12.4 Å². The van der Waals surface area contributed by atoms with E-state index in [4.69, 9.17) is 11.6 Å². The summed E-state index contributed by atoms with van der Waals surface area (Å²) in [6.07, 6.45) is 6.26. The number of Topliss-reactive ketones (excluding diaryl/α,β-unsaturated/α-hetero) is 1. The number of allylic oxidation sites excluding steroid dienone is 4. The Hall–Kier alpha value is -0.310. The SMILES string of the molecule is CC(NC(C)(C)C)C(=O)C1C=CC=C(Cl)C1.Cl. The largest absolute Gasteiger partial charge is 0.303 e. The van der Waals surface area contributed by atoms with Crippen LogP contribution in [0.2, 0.25) is 0 Å². The van der Waals surface area contributed by atoms with Crippen LogP contribution >= 0.6 is 24.0 Å². The molecule has 0 heterocycles. The van der Waals surface area contributed by atoms with Gasteiger partial charge in [0.15, 0.2) is 5.78 Å². The van der Waals surface area contributed by atoms with Crippen LogP contribution in [0.4, 0.5) is 0 Å². The highest BCUT2D eigenvalue weighted by molar-refractivity contribution is 6.30. The Morgan fingerprint density at radius 2 is 2.12 bits per heavy atom. The average Bonchev–Trinajstić information content (AvgIpc) is 2.14. The monoisotopic (exact) mass is 277 g/mol.